The third-order valence-electron chi connectivity index (χ3n) is 11.7. The molecule has 25 atom stereocenters. The summed E-state index contributed by atoms with van der Waals surface area (Å²) in [5.41, 5.74) is 8.74. The molecule has 0 spiro atoms. The normalized spacial score (nSPS) is 46.0. The summed E-state index contributed by atoms with van der Waals surface area (Å²) in [5, 5.41) is 163. The maximum Gasteiger partial charge on any atom is 0.241 e. The molecule has 5 rings (SSSR count). The monoisotopic (exact) mass is 1210 g/mol. The maximum atomic E-state index is 12.5. The van der Waals surface area contributed by atoms with Crippen LogP contribution >= 0.6 is 12.6 Å². The Morgan fingerprint density at radius 1 is 0.478 bits per heavy atom. The van der Waals surface area contributed by atoms with E-state index in [0.717, 1.165) is 0 Å². The molecule has 0 aromatic rings. The van der Waals surface area contributed by atoms with E-state index in [-0.39, 0.29) is 50.5 Å². The van der Waals surface area contributed by atoms with E-state index in [9.17, 15) is 86.2 Å². The maximum absolute atomic E-state index is 12.5. The van der Waals surface area contributed by atoms with Crippen LogP contribution in [-0.2, 0) is 52.2 Å². The predicted molar refractivity (Wildman–Crippen MR) is 211 cm³/mol. The number of aliphatic hydroxyl groups is 15. The van der Waals surface area contributed by atoms with Crippen LogP contribution in [0.15, 0.2) is 0 Å². The number of hydrogen-bond donors (Lipinski definition) is 18. The van der Waals surface area contributed by atoms with E-state index in [1.807, 2.05) is 0 Å². The fourth-order valence-corrected chi connectivity index (χ4v) is 8.05. The zero-order chi connectivity index (χ0) is 48.7. The Labute approximate surface area is 422 Å². The van der Waals surface area contributed by atoms with Gasteiger partial charge in [-0.25, -0.2) is 0 Å². The van der Waals surface area contributed by atoms with E-state index in [1.54, 1.807) is 0 Å². The van der Waals surface area contributed by atoms with Crippen molar-refractivity contribution in [3.8, 4) is 0 Å². The van der Waals surface area contributed by atoms with Crippen molar-refractivity contribution in [3.63, 3.8) is 0 Å². The summed E-state index contributed by atoms with van der Waals surface area (Å²) in [4.78, 5) is 24.4. The number of carbonyl (C=O) groups excluding carboxylic acids is 2. The van der Waals surface area contributed by atoms with Gasteiger partial charge in [0.1, 0.15) is 116 Å². The standard InChI is InChI=1S/C36H62N3O26S.Ac/c37-17-21(50)28(62-35-27(56)31(20(49)12(7-42)59-35)65-34-25(54)22(51)18(47)10(5-40)58-34)14(9-44)61-33(17)64-30-19(48)11(6-41)60-36(26(30)55)63-29-13(8-43)57-32(24(53)23(29)52)39-16(46)4-38-15(45)2-1-3-66;/h10-14,17-37,40-44,47-56,66H,1-9H2,(H,38,45)(H,39,46);/q-1;/t10?,11?,12?,13?,14?,17?,18-,19+,20-,21?,22?,23?,24?,25?,26?,27?,28+,29-,30?,31?,32?,33+,34?,35?,36+;/m1./s1. The van der Waals surface area contributed by atoms with E-state index in [4.69, 9.17) is 48.4 Å². The molecular formula is C36H62AcN3O26S-. The van der Waals surface area contributed by atoms with Gasteiger partial charge in [0.2, 0.25) is 11.8 Å². The van der Waals surface area contributed by atoms with E-state index in [0.29, 0.717) is 12.2 Å². The van der Waals surface area contributed by atoms with Crippen LogP contribution in [0.2, 0.25) is 0 Å². The Bertz CT molecular complexity index is 1520. The smallest absolute Gasteiger partial charge is 0.241 e. The van der Waals surface area contributed by atoms with Gasteiger partial charge in [-0.05, 0) is 12.2 Å². The average molecular weight is 1210 g/mol. The van der Waals surface area contributed by atoms with Crippen molar-refractivity contribution >= 4 is 24.4 Å². The average Bonchev–Trinajstić information content (AvgIpc) is 3.30. The number of amides is 2. The molecule has 18 N–H and O–H groups in total. The number of carbonyl (C=O) groups is 2. The predicted octanol–water partition coefficient (Wildman–Crippen LogP) is -10.9. The van der Waals surface area contributed by atoms with Crippen LogP contribution in [0.25, 0.3) is 5.73 Å². The van der Waals surface area contributed by atoms with Crippen molar-refractivity contribution in [2.24, 2.45) is 0 Å². The number of aliphatic hydroxyl groups excluding tert-OH is 15. The zero-order valence-electron chi connectivity index (χ0n) is 35.5. The quantitative estimate of drug-likeness (QED) is 0.0534. The first-order valence-corrected chi connectivity index (χ1v) is 21.6. The summed E-state index contributed by atoms with van der Waals surface area (Å²) < 4.78 is 50.3. The van der Waals surface area contributed by atoms with Gasteiger partial charge in [0.15, 0.2) is 25.1 Å². The molecule has 29 nitrogen and oxygen atoms in total. The molecule has 0 aliphatic carbocycles. The summed E-state index contributed by atoms with van der Waals surface area (Å²) in [6, 6.07) is -1.95. The molecule has 0 saturated carbocycles. The molecule has 5 aliphatic rings. The number of nitrogens with one attached hydrogen (secondary N) is 3. The van der Waals surface area contributed by atoms with Crippen LogP contribution in [0.5, 0.6) is 0 Å². The van der Waals surface area contributed by atoms with E-state index < -0.39 is 205 Å². The molecule has 5 heterocycles. The van der Waals surface area contributed by atoms with Gasteiger partial charge in [-0.3, -0.25) is 9.59 Å². The Hall–Kier alpha value is -0.268. The zero-order valence-corrected chi connectivity index (χ0v) is 41.2. The fraction of sp³-hybridized carbons (Fsp3) is 0.944. The van der Waals surface area contributed by atoms with Gasteiger partial charge < -0.3 is 136 Å². The Kier molecular flexibility index (Phi) is 24.0. The molecule has 387 valence electrons. The fourth-order valence-electron chi connectivity index (χ4n) is 7.89. The van der Waals surface area contributed by atoms with Crippen LogP contribution in [0, 0.1) is 44.1 Å². The van der Waals surface area contributed by atoms with Crippen LogP contribution in [0.1, 0.15) is 12.8 Å². The van der Waals surface area contributed by atoms with E-state index in [1.165, 1.54) is 0 Å². The minimum atomic E-state index is -2.11. The first-order chi connectivity index (χ1) is 31.3. The Morgan fingerprint density at radius 3 is 1.39 bits per heavy atom. The molecule has 67 heavy (non-hydrogen) atoms. The summed E-state index contributed by atoms with van der Waals surface area (Å²) >= 11 is 4.01. The number of thiol groups is 1. The van der Waals surface area contributed by atoms with Crippen LogP contribution < -0.4 is 10.6 Å². The van der Waals surface area contributed by atoms with Gasteiger partial charge in [0, 0.05) is 50.5 Å². The minimum Gasteiger partial charge on any atom is -0.668 e. The summed E-state index contributed by atoms with van der Waals surface area (Å²) in [6.07, 6.45) is -43.8. The molecule has 0 aromatic carbocycles. The Balaban J connectivity index is 0.00000980. The molecule has 0 bridgehead atoms. The van der Waals surface area contributed by atoms with Crippen molar-refractivity contribution in [1.82, 2.24) is 10.6 Å². The second-order valence-electron chi connectivity index (χ2n) is 16.2. The summed E-state index contributed by atoms with van der Waals surface area (Å²) in [7, 11) is 0. The van der Waals surface area contributed by atoms with Gasteiger partial charge in [-0.1, -0.05) is 6.04 Å². The van der Waals surface area contributed by atoms with Crippen molar-refractivity contribution in [3.05, 3.63) is 5.73 Å². The summed E-state index contributed by atoms with van der Waals surface area (Å²) in [5.74, 6) is -0.849. The number of rotatable bonds is 19. The molecule has 5 saturated heterocycles. The van der Waals surface area contributed by atoms with Gasteiger partial charge >= 0.3 is 0 Å². The van der Waals surface area contributed by atoms with Gasteiger partial charge in [-0.2, -0.15) is 12.6 Å². The number of hydrogen-bond acceptors (Lipinski definition) is 27. The third-order valence-corrected chi connectivity index (χ3v) is 12.0. The van der Waals surface area contributed by atoms with Crippen molar-refractivity contribution in [2.45, 2.75) is 166 Å². The van der Waals surface area contributed by atoms with E-state index in [2.05, 4.69) is 23.3 Å². The largest absolute Gasteiger partial charge is 0.668 e. The Morgan fingerprint density at radius 2 is 0.896 bits per heavy atom. The molecule has 5 fully saturated rings. The first kappa shape index (κ1) is 59.3. The first-order valence-electron chi connectivity index (χ1n) is 21.0. The molecule has 5 aliphatic heterocycles. The number of ether oxygens (including phenoxy) is 9. The molecule has 0 aromatic heterocycles. The molecular weight excluding hydrogens is 1150 g/mol. The molecule has 1 radical (unpaired) electrons. The van der Waals surface area contributed by atoms with Gasteiger partial charge in [-0.15, -0.1) is 0 Å². The van der Waals surface area contributed by atoms with Crippen LogP contribution in [0.4, 0.5) is 0 Å². The molecule has 31 heteroatoms. The third kappa shape index (κ3) is 13.9. The second-order valence-corrected chi connectivity index (χ2v) is 16.6. The van der Waals surface area contributed by atoms with Crippen molar-refractivity contribution in [2.75, 3.05) is 45.3 Å². The van der Waals surface area contributed by atoms with Crippen LogP contribution in [0.3, 0.4) is 0 Å². The second kappa shape index (κ2) is 27.1. The van der Waals surface area contributed by atoms with Gasteiger partial charge in [0.05, 0.1) is 45.7 Å². The SMILES string of the molecule is [Ac].[NH-]C1C(O)[C@@H](OC2OC(CO)[C@@H](O)C(OC3OC(CO)[C@@H](O)C(O)C3O)C2O)C(CO)O[C@H]1OC1C(O)[C@H](O[C@@H]2C(CO)OC(NC(=O)CNC(=O)CCCS)C(O)C2O)OC(CO)[C@@H]1O. The summed E-state index contributed by atoms with van der Waals surface area (Å²) in [6.45, 7) is -5.18. The van der Waals surface area contributed by atoms with Crippen molar-refractivity contribution < 1.29 is 173 Å². The minimum absolute atomic E-state index is 0. The van der Waals surface area contributed by atoms with Crippen molar-refractivity contribution in [1.29, 1.82) is 0 Å². The van der Waals surface area contributed by atoms with Crippen LogP contribution in [-0.4, -0.2) is 287 Å². The molecule has 2 amide bonds. The van der Waals surface area contributed by atoms with E-state index >= 15 is 0 Å². The topological polar surface area (TPSA) is 469 Å². The molecule has 18 unspecified atom stereocenters. The van der Waals surface area contributed by atoms with Gasteiger partial charge in [0.25, 0.3) is 0 Å².